The maximum Gasteiger partial charge on any atom is 0.261 e. The van der Waals surface area contributed by atoms with Crippen molar-refractivity contribution in [2.45, 2.75) is 18.5 Å². The highest BCUT2D eigenvalue weighted by molar-refractivity contribution is 7.99. The van der Waals surface area contributed by atoms with Gasteiger partial charge in [-0.25, -0.2) is 0 Å². The third kappa shape index (κ3) is 3.35. The molecule has 2 heterocycles. The van der Waals surface area contributed by atoms with Crippen molar-refractivity contribution in [2.24, 2.45) is 0 Å². The smallest absolute Gasteiger partial charge is 0.261 e. The number of benzene rings is 2. The van der Waals surface area contributed by atoms with Crippen molar-refractivity contribution in [3.05, 3.63) is 65.2 Å². The number of carbonyl (C=O) groups is 2. The van der Waals surface area contributed by atoms with E-state index in [0.29, 0.717) is 35.0 Å². The molecule has 2 aromatic carbocycles. The molecule has 1 aliphatic heterocycles. The van der Waals surface area contributed by atoms with E-state index in [1.807, 2.05) is 31.2 Å². The maximum atomic E-state index is 12.4. The molecule has 136 valence electrons. The molecular formula is C19H17N5O2S. The Balaban J connectivity index is 1.36. The highest BCUT2D eigenvalue weighted by Crippen LogP contribution is 2.24. The molecule has 8 heteroatoms. The second kappa shape index (κ2) is 7.32. The fraction of sp³-hybridized carbons (Fsp3) is 0.211. The van der Waals surface area contributed by atoms with E-state index in [4.69, 9.17) is 0 Å². The van der Waals surface area contributed by atoms with E-state index in [-0.39, 0.29) is 11.8 Å². The molecule has 0 radical (unpaired) electrons. The third-order valence-corrected chi connectivity index (χ3v) is 5.36. The highest BCUT2D eigenvalue weighted by Gasteiger charge is 2.34. The zero-order valence-electron chi connectivity index (χ0n) is 14.7. The fourth-order valence-corrected chi connectivity index (χ4v) is 3.76. The number of carbonyl (C=O) groups excluding carboxylic acids is 2. The van der Waals surface area contributed by atoms with Crippen molar-refractivity contribution in [1.29, 1.82) is 0 Å². The molecule has 0 aliphatic carbocycles. The van der Waals surface area contributed by atoms with Crippen LogP contribution in [0, 0.1) is 6.92 Å². The number of thioether (sulfide) groups is 1. The molecule has 1 aliphatic rings. The summed E-state index contributed by atoms with van der Waals surface area (Å²) < 4.78 is 1.69. The van der Waals surface area contributed by atoms with Crippen LogP contribution in [0.1, 0.15) is 32.7 Å². The van der Waals surface area contributed by atoms with Gasteiger partial charge in [0.1, 0.15) is 0 Å². The van der Waals surface area contributed by atoms with Crippen LogP contribution in [0.2, 0.25) is 0 Å². The summed E-state index contributed by atoms with van der Waals surface area (Å²) in [6, 6.07) is 14.9. The Labute approximate surface area is 160 Å². The molecule has 27 heavy (non-hydrogen) atoms. The second-order valence-corrected chi connectivity index (χ2v) is 7.28. The van der Waals surface area contributed by atoms with Crippen molar-refractivity contribution in [2.75, 3.05) is 12.3 Å². The molecule has 7 nitrogen and oxygen atoms in total. The Hall–Kier alpha value is -3.00. The molecule has 4 rings (SSSR count). The Bertz CT molecular complexity index is 964. The number of fused-ring (bicyclic) bond motifs is 1. The Kier molecular flexibility index (Phi) is 4.72. The number of aryl methyl sites for hydroxylation is 1. The van der Waals surface area contributed by atoms with Crippen molar-refractivity contribution in [1.82, 2.24) is 25.1 Å². The predicted octanol–water partition coefficient (Wildman–Crippen LogP) is 2.75. The number of imide groups is 1. The van der Waals surface area contributed by atoms with Gasteiger partial charge in [0.25, 0.3) is 11.8 Å². The molecule has 0 unspecified atom stereocenters. The van der Waals surface area contributed by atoms with Crippen LogP contribution in [0.4, 0.5) is 0 Å². The van der Waals surface area contributed by atoms with E-state index in [9.17, 15) is 9.59 Å². The van der Waals surface area contributed by atoms with E-state index in [2.05, 4.69) is 15.5 Å². The van der Waals surface area contributed by atoms with Gasteiger partial charge in [0.05, 0.1) is 16.8 Å². The molecule has 0 spiro atoms. The van der Waals surface area contributed by atoms with Crippen molar-refractivity contribution < 1.29 is 9.59 Å². The van der Waals surface area contributed by atoms with Gasteiger partial charge in [-0.1, -0.05) is 41.6 Å². The second-order valence-electron chi connectivity index (χ2n) is 6.22. The van der Waals surface area contributed by atoms with Crippen LogP contribution in [0.25, 0.3) is 5.69 Å². The van der Waals surface area contributed by atoms with Crippen LogP contribution < -0.4 is 0 Å². The number of hydrogen-bond donors (Lipinski definition) is 0. The third-order valence-electron chi connectivity index (χ3n) is 4.35. The van der Waals surface area contributed by atoms with Gasteiger partial charge in [-0.2, -0.15) is 4.68 Å². The first kappa shape index (κ1) is 17.4. The van der Waals surface area contributed by atoms with E-state index in [1.54, 1.807) is 28.9 Å². The standard InChI is InChI=1S/C19H17N5O2S/c1-13-7-9-14(10-8-13)24-19(20-21-22-24)27-12-4-11-23-17(25)15-5-2-3-6-16(15)18(23)26/h2-3,5-10H,4,11-12H2,1H3. The zero-order valence-corrected chi connectivity index (χ0v) is 15.5. The quantitative estimate of drug-likeness (QED) is 0.372. The minimum absolute atomic E-state index is 0.218. The first-order valence-electron chi connectivity index (χ1n) is 8.58. The van der Waals surface area contributed by atoms with Gasteiger partial charge < -0.3 is 0 Å². The lowest BCUT2D eigenvalue weighted by Crippen LogP contribution is -2.31. The molecule has 0 saturated heterocycles. The summed E-state index contributed by atoms with van der Waals surface area (Å²) in [6.45, 7) is 2.41. The molecule has 2 amide bonds. The van der Waals surface area contributed by atoms with Crippen LogP contribution in [-0.4, -0.2) is 49.2 Å². The molecule has 0 saturated carbocycles. The number of nitrogens with zero attached hydrogens (tertiary/aromatic N) is 5. The normalized spacial score (nSPS) is 13.3. The topological polar surface area (TPSA) is 81.0 Å². The average molecular weight is 379 g/mol. The van der Waals surface area contributed by atoms with Gasteiger partial charge in [-0.3, -0.25) is 14.5 Å². The summed E-state index contributed by atoms with van der Waals surface area (Å²) in [7, 11) is 0. The molecule has 0 atom stereocenters. The largest absolute Gasteiger partial charge is 0.274 e. The molecular weight excluding hydrogens is 362 g/mol. The molecule has 0 N–H and O–H groups in total. The number of rotatable bonds is 6. The number of aromatic nitrogens is 4. The summed E-state index contributed by atoms with van der Waals surface area (Å²) in [4.78, 5) is 26.0. The number of hydrogen-bond acceptors (Lipinski definition) is 6. The first-order chi connectivity index (χ1) is 13.1. The first-order valence-corrected chi connectivity index (χ1v) is 9.57. The van der Waals surface area contributed by atoms with Gasteiger partial charge in [0, 0.05) is 12.3 Å². The highest BCUT2D eigenvalue weighted by atomic mass is 32.2. The summed E-state index contributed by atoms with van der Waals surface area (Å²) in [5, 5.41) is 12.5. The Morgan fingerprint density at radius 2 is 1.63 bits per heavy atom. The maximum absolute atomic E-state index is 12.4. The van der Waals surface area contributed by atoms with E-state index < -0.39 is 0 Å². The van der Waals surface area contributed by atoms with Crippen LogP contribution in [-0.2, 0) is 0 Å². The minimum atomic E-state index is -0.218. The van der Waals surface area contributed by atoms with Crippen LogP contribution in [0.15, 0.2) is 53.7 Å². The summed E-state index contributed by atoms with van der Waals surface area (Å²) in [5.41, 5.74) is 3.03. The van der Waals surface area contributed by atoms with E-state index in [1.165, 1.54) is 22.2 Å². The van der Waals surface area contributed by atoms with Gasteiger partial charge in [-0.05, 0) is 48.0 Å². The van der Waals surface area contributed by atoms with Crippen LogP contribution in [0.3, 0.4) is 0 Å². The van der Waals surface area contributed by atoms with Crippen LogP contribution >= 0.6 is 11.8 Å². The molecule has 1 aromatic heterocycles. The Morgan fingerprint density at radius 1 is 0.963 bits per heavy atom. The lowest BCUT2D eigenvalue weighted by molar-refractivity contribution is 0.0655. The van der Waals surface area contributed by atoms with E-state index >= 15 is 0 Å². The van der Waals surface area contributed by atoms with Crippen molar-refractivity contribution >= 4 is 23.6 Å². The zero-order chi connectivity index (χ0) is 18.8. The fourth-order valence-electron chi connectivity index (χ4n) is 2.95. The van der Waals surface area contributed by atoms with Gasteiger partial charge in [0.2, 0.25) is 5.16 Å². The number of tetrazole rings is 1. The SMILES string of the molecule is Cc1ccc(-n2nnnc2SCCCN2C(=O)c3ccccc3C2=O)cc1. The van der Waals surface area contributed by atoms with E-state index in [0.717, 1.165) is 5.69 Å². The monoisotopic (exact) mass is 379 g/mol. The summed E-state index contributed by atoms with van der Waals surface area (Å²) in [5.74, 6) is 0.259. The molecule has 0 bridgehead atoms. The number of amides is 2. The summed E-state index contributed by atoms with van der Waals surface area (Å²) in [6.07, 6.45) is 0.664. The lowest BCUT2D eigenvalue weighted by atomic mass is 10.1. The van der Waals surface area contributed by atoms with Crippen molar-refractivity contribution in [3.8, 4) is 5.69 Å². The summed E-state index contributed by atoms with van der Waals surface area (Å²) >= 11 is 1.50. The Morgan fingerprint density at radius 3 is 2.30 bits per heavy atom. The average Bonchev–Trinajstić information content (AvgIpc) is 3.24. The van der Waals surface area contributed by atoms with Crippen LogP contribution in [0.5, 0.6) is 0 Å². The van der Waals surface area contributed by atoms with Crippen molar-refractivity contribution in [3.63, 3.8) is 0 Å². The van der Waals surface area contributed by atoms with Gasteiger partial charge in [-0.15, -0.1) is 5.10 Å². The molecule has 0 fully saturated rings. The van der Waals surface area contributed by atoms with Gasteiger partial charge in [0.15, 0.2) is 0 Å². The minimum Gasteiger partial charge on any atom is -0.274 e. The lowest BCUT2D eigenvalue weighted by Gasteiger charge is -2.13. The predicted molar refractivity (Wildman–Crippen MR) is 101 cm³/mol. The molecule has 3 aromatic rings. The van der Waals surface area contributed by atoms with Gasteiger partial charge >= 0.3 is 0 Å².